The summed E-state index contributed by atoms with van der Waals surface area (Å²) in [6, 6.07) is 13.0. The highest BCUT2D eigenvalue weighted by Crippen LogP contribution is 2.43. The van der Waals surface area contributed by atoms with Gasteiger partial charge in [0.2, 0.25) is 5.91 Å². The molecule has 0 radical (unpaired) electrons. The molecule has 0 saturated carbocycles. The van der Waals surface area contributed by atoms with Gasteiger partial charge in [-0.3, -0.25) is 19.7 Å². The first-order chi connectivity index (χ1) is 16.9. The van der Waals surface area contributed by atoms with Gasteiger partial charge in [-0.25, -0.2) is 4.98 Å². The van der Waals surface area contributed by atoms with Crippen molar-refractivity contribution in [2.75, 3.05) is 16.8 Å². The van der Waals surface area contributed by atoms with Crippen LogP contribution in [0.15, 0.2) is 54.9 Å². The normalized spacial score (nSPS) is 14.6. The number of hydrogen-bond acceptors (Lipinski definition) is 5. The molecule has 6 rings (SSSR count). The molecule has 1 aliphatic rings. The fraction of sp³-hybridized carbons (Fsp3) is 0.192. The van der Waals surface area contributed by atoms with Gasteiger partial charge in [0.15, 0.2) is 5.82 Å². The fourth-order valence-corrected chi connectivity index (χ4v) is 4.73. The van der Waals surface area contributed by atoms with Gasteiger partial charge in [-0.2, -0.15) is 5.10 Å². The Kier molecular flexibility index (Phi) is 4.50. The average Bonchev–Trinajstić information content (AvgIpc) is 3.51. The number of rotatable bonds is 4. The van der Waals surface area contributed by atoms with Gasteiger partial charge < -0.3 is 15.2 Å². The Labute approximate surface area is 200 Å². The number of nitrogens with zero attached hydrogens (tertiary/aromatic N) is 4. The molecule has 2 aromatic carbocycles. The minimum atomic E-state index is -0.592. The number of benzene rings is 2. The van der Waals surface area contributed by atoms with Gasteiger partial charge in [-0.1, -0.05) is 0 Å². The molecule has 0 fully saturated rings. The van der Waals surface area contributed by atoms with Crippen molar-refractivity contribution in [3.05, 3.63) is 66.0 Å². The van der Waals surface area contributed by atoms with Crippen LogP contribution in [0.3, 0.4) is 0 Å². The van der Waals surface area contributed by atoms with Crippen molar-refractivity contribution < 1.29 is 9.59 Å². The van der Waals surface area contributed by atoms with Crippen LogP contribution in [0.2, 0.25) is 0 Å². The molecule has 5 aromatic rings. The number of carbonyl (C=O) groups excluding carboxylic acids is 2. The number of aromatic nitrogens is 5. The third kappa shape index (κ3) is 3.19. The van der Waals surface area contributed by atoms with E-state index in [9.17, 15) is 9.59 Å². The van der Waals surface area contributed by atoms with E-state index in [-0.39, 0.29) is 11.8 Å². The Balaban J connectivity index is 1.40. The monoisotopic (exact) mass is 465 g/mol. The van der Waals surface area contributed by atoms with Crippen LogP contribution in [-0.4, -0.2) is 43.5 Å². The Morgan fingerprint density at radius 1 is 1.14 bits per heavy atom. The second kappa shape index (κ2) is 7.49. The van der Waals surface area contributed by atoms with Crippen LogP contribution in [-0.2, 0) is 10.2 Å². The van der Waals surface area contributed by atoms with Crippen molar-refractivity contribution in [1.82, 2.24) is 25.1 Å². The van der Waals surface area contributed by atoms with Gasteiger partial charge in [0.05, 0.1) is 33.2 Å². The van der Waals surface area contributed by atoms with E-state index in [4.69, 9.17) is 4.98 Å². The van der Waals surface area contributed by atoms with Crippen molar-refractivity contribution in [2.45, 2.75) is 26.2 Å². The molecule has 3 N–H and O–H groups in total. The van der Waals surface area contributed by atoms with Gasteiger partial charge >= 0.3 is 0 Å². The quantitative estimate of drug-likeness (QED) is 0.363. The van der Waals surface area contributed by atoms with Crippen LogP contribution in [0, 0.1) is 0 Å². The van der Waals surface area contributed by atoms with Gasteiger partial charge in [0.1, 0.15) is 5.69 Å². The number of imidazole rings is 1. The number of anilines is 2. The van der Waals surface area contributed by atoms with E-state index in [1.54, 1.807) is 18.3 Å². The predicted molar refractivity (Wildman–Crippen MR) is 134 cm³/mol. The largest absolute Gasteiger partial charge is 0.337 e. The van der Waals surface area contributed by atoms with Crippen LogP contribution in [0.25, 0.3) is 33.5 Å². The van der Waals surface area contributed by atoms with Crippen molar-refractivity contribution >= 4 is 45.1 Å². The summed E-state index contributed by atoms with van der Waals surface area (Å²) >= 11 is 0. The van der Waals surface area contributed by atoms with E-state index >= 15 is 0 Å². The van der Waals surface area contributed by atoms with E-state index in [2.05, 4.69) is 25.5 Å². The number of nitrogens with one attached hydrogen (secondary N) is 3. The molecule has 174 valence electrons. The number of carbonyl (C=O) groups is 2. The standard InChI is InChI=1S/C26H23N7O2/c1-4-33-21-12-20-19(11-17(21)26(2,3)25(33)35)29-23(30-20)22-16-10-15(7-8-18(16)31-32-22)28-24(34)14-6-5-9-27-13-14/h5-13H,4H2,1-3H3,(H,28,34)(H,29,30)(H,31,32). The molecule has 9 nitrogen and oxygen atoms in total. The molecule has 35 heavy (non-hydrogen) atoms. The number of pyridine rings is 1. The minimum Gasteiger partial charge on any atom is -0.337 e. The Morgan fingerprint density at radius 2 is 2.00 bits per heavy atom. The van der Waals surface area contributed by atoms with Crippen molar-refractivity contribution in [3.8, 4) is 11.5 Å². The number of hydrogen-bond donors (Lipinski definition) is 3. The molecule has 0 unspecified atom stereocenters. The fourth-order valence-electron chi connectivity index (χ4n) is 4.73. The molecule has 0 aliphatic carbocycles. The van der Waals surface area contributed by atoms with Crippen LogP contribution >= 0.6 is 0 Å². The van der Waals surface area contributed by atoms with Crippen LogP contribution in [0.1, 0.15) is 36.7 Å². The highest BCUT2D eigenvalue weighted by Gasteiger charge is 2.43. The summed E-state index contributed by atoms with van der Waals surface area (Å²) in [4.78, 5) is 39.4. The summed E-state index contributed by atoms with van der Waals surface area (Å²) in [6.45, 7) is 6.49. The Hall–Kier alpha value is -4.53. The number of fused-ring (bicyclic) bond motifs is 3. The lowest BCUT2D eigenvalue weighted by atomic mass is 9.86. The first-order valence-corrected chi connectivity index (χ1v) is 11.4. The zero-order chi connectivity index (χ0) is 24.3. The highest BCUT2D eigenvalue weighted by molar-refractivity contribution is 6.10. The van der Waals surface area contributed by atoms with Crippen molar-refractivity contribution in [2.24, 2.45) is 0 Å². The maximum Gasteiger partial charge on any atom is 0.257 e. The molecule has 0 spiro atoms. The van der Waals surface area contributed by atoms with E-state index in [0.717, 1.165) is 33.2 Å². The molecule has 0 saturated heterocycles. The topological polar surface area (TPSA) is 120 Å². The van der Waals surface area contributed by atoms with Gasteiger partial charge in [0.25, 0.3) is 5.91 Å². The van der Waals surface area contributed by atoms with Gasteiger partial charge in [-0.15, -0.1) is 0 Å². The summed E-state index contributed by atoms with van der Waals surface area (Å²) in [5.41, 5.74) is 5.50. The zero-order valence-electron chi connectivity index (χ0n) is 19.5. The number of amides is 2. The van der Waals surface area contributed by atoms with E-state index in [1.165, 1.54) is 6.20 Å². The first kappa shape index (κ1) is 21.0. The molecular formula is C26H23N7O2. The summed E-state index contributed by atoms with van der Waals surface area (Å²) in [5, 5.41) is 11.3. The second-order valence-corrected chi connectivity index (χ2v) is 9.17. The highest BCUT2D eigenvalue weighted by atomic mass is 16.2. The molecule has 3 aromatic heterocycles. The lowest BCUT2D eigenvalue weighted by Crippen LogP contribution is -2.35. The first-order valence-electron chi connectivity index (χ1n) is 11.4. The summed E-state index contributed by atoms with van der Waals surface area (Å²) in [6.07, 6.45) is 3.15. The maximum atomic E-state index is 12.9. The molecule has 0 atom stereocenters. The number of aromatic amines is 2. The van der Waals surface area contributed by atoms with Crippen LogP contribution in [0.5, 0.6) is 0 Å². The lowest BCUT2D eigenvalue weighted by molar-refractivity contribution is -0.122. The smallest absolute Gasteiger partial charge is 0.257 e. The number of H-pyrrole nitrogens is 2. The van der Waals surface area contributed by atoms with Crippen LogP contribution < -0.4 is 10.2 Å². The molecule has 0 bridgehead atoms. The third-order valence-corrected chi connectivity index (χ3v) is 6.63. The summed E-state index contributed by atoms with van der Waals surface area (Å²) < 4.78 is 0. The maximum absolute atomic E-state index is 12.9. The van der Waals surface area contributed by atoms with E-state index < -0.39 is 5.41 Å². The lowest BCUT2D eigenvalue weighted by Gasteiger charge is -2.18. The summed E-state index contributed by atoms with van der Waals surface area (Å²) in [5.74, 6) is 0.471. The van der Waals surface area contributed by atoms with Crippen molar-refractivity contribution in [1.29, 1.82) is 0 Å². The summed E-state index contributed by atoms with van der Waals surface area (Å²) in [7, 11) is 0. The van der Waals surface area contributed by atoms with Crippen LogP contribution in [0.4, 0.5) is 11.4 Å². The molecule has 2 amide bonds. The SMILES string of the molecule is CCN1C(=O)C(C)(C)c2cc3[nH]c(-c4n[nH]c5ccc(NC(=O)c6cccnc6)cc45)nc3cc21. The minimum absolute atomic E-state index is 0.0991. The zero-order valence-corrected chi connectivity index (χ0v) is 19.5. The number of likely N-dealkylation sites (N-methyl/N-ethyl adjacent to an activating group) is 1. The van der Waals surface area contributed by atoms with Crippen molar-refractivity contribution in [3.63, 3.8) is 0 Å². The molecule has 9 heteroatoms. The van der Waals surface area contributed by atoms with E-state index in [1.807, 2.05) is 56.0 Å². The molecular weight excluding hydrogens is 442 g/mol. The van der Waals surface area contributed by atoms with Gasteiger partial charge in [0, 0.05) is 30.0 Å². The molecule has 1 aliphatic heterocycles. The average molecular weight is 466 g/mol. The predicted octanol–water partition coefficient (Wildman–Crippen LogP) is 4.40. The van der Waals surface area contributed by atoms with Gasteiger partial charge in [-0.05, 0) is 68.8 Å². The Bertz CT molecular complexity index is 1630. The third-order valence-electron chi connectivity index (χ3n) is 6.63. The molecule has 4 heterocycles. The Morgan fingerprint density at radius 3 is 2.77 bits per heavy atom. The second-order valence-electron chi connectivity index (χ2n) is 9.17. The van der Waals surface area contributed by atoms with E-state index in [0.29, 0.717) is 29.3 Å².